The van der Waals surface area contributed by atoms with Gasteiger partial charge in [0.1, 0.15) is 18.0 Å². The van der Waals surface area contributed by atoms with E-state index in [4.69, 9.17) is 28.7 Å². The summed E-state index contributed by atoms with van der Waals surface area (Å²) < 4.78 is 29.1. The van der Waals surface area contributed by atoms with Crippen LogP contribution in [0.5, 0.6) is 5.75 Å². The van der Waals surface area contributed by atoms with Crippen molar-refractivity contribution in [2.45, 2.75) is 104 Å². The predicted molar refractivity (Wildman–Crippen MR) is 211 cm³/mol. The van der Waals surface area contributed by atoms with Gasteiger partial charge in [-0.3, -0.25) is 9.59 Å². The Labute approximate surface area is 331 Å². The van der Waals surface area contributed by atoms with Crippen molar-refractivity contribution in [3.63, 3.8) is 0 Å². The van der Waals surface area contributed by atoms with Crippen molar-refractivity contribution in [1.82, 2.24) is 20.2 Å². The SMILES string of the molecule is CCc1c2c(nc3ccc(OCOC)cc13)-c1cc3c(c(=O)n1C2)COC(=O)[C@@]3(CC)OC(=O)NCCCCCC(=O)NCc1ccc(C(=O)OC(C)(C)C)cc1. The van der Waals surface area contributed by atoms with Crippen molar-refractivity contribution < 1.29 is 42.9 Å². The molecule has 0 saturated heterocycles. The Hall–Kier alpha value is -5.76. The summed E-state index contributed by atoms with van der Waals surface area (Å²) in [5.41, 5.74) is 2.97. The summed E-state index contributed by atoms with van der Waals surface area (Å²) in [4.78, 5) is 70.4. The number of hydrogen-bond donors (Lipinski definition) is 2. The van der Waals surface area contributed by atoms with E-state index in [2.05, 4.69) is 10.6 Å². The lowest BCUT2D eigenvalue weighted by molar-refractivity contribution is -0.172. The van der Waals surface area contributed by atoms with Crippen LogP contribution in [0.3, 0.4) is 0 Å². The van der Waals surface area contributed by atoms with Crippen molar-refractivity contribution >= 4 is 34.8 Å². The number of fused-ring (bicyclic) bond motifs is 5. The van der Waals surface area contributed by atoms with Gasteiger partial charge in [0.15, 0.2) is 6.79 Å². The molecule has 1 atom stereocenters. The monoisotopic (exact) mass is 782 g/mol. The first-order chi connectivity index (χ1) is 27.3. The highest BCUT2D eigenvalue weighted by Crippen LogP contribution is 2.42. The number of pyridine rings is 2. The molecule has 4 heterocycles. The molecule has 2 aromatic carbocycles. The third-order valence-electron chi connectivity index (χ3n) is 10.1. The number of methoxy groups -OCH3 is 1. The number of carbonyl (C=O) groups is 4. The van der Waals surface area contributed by atoms with Gasteiger partial charge in [0.2, 0.25) is 11.5 Å². The first-order valence-corrected chi connectivity index (χ1v) is 19.4. The Morgan fingerprint density at radius 3 is 2.44 bits per heavy atom. The van der Waals surface area contributed by atoms with Gasteiger partial charge in [-0.1, -0.05) is 32.4 Å². The zero-order chi connectivity index (χ0) is 40.9. The number of nitrogens with one attached hydrogen (secondary N) is 2. The van der Waals surface area contributed by atoms with Crippen LogP contribution < -0.4 is 20.9 Å². The van der Waals surface area contributed by atoms with Gasteiger partial charge in [-0.15, -0.1) is 0 Å². The van der Waals surface area contributed by atoms with Crippen LogP contribution in [0.15, 0.2) is 53.3 Å². The molecule has 0 radical (unpaired) electrons. The van der Waals surface area contributed by atoms with Crippen LogP contribution in [0.2, 0.25) is 0 Å². The second-order valence-electron chi connectivity index (χ2n) is 15.2. The summed E-state index contributed by atoms with van der Waals surface area (Å²) in [6.07, 6.45) is 2.04. The third kappa shape index (κ3) is 8.80. The summed E-state index contributed by atoms with van der Waals surface area (Å²) in [5.74, 6) is -0.617. The van der Waals surface area contributed by atoms with Crippen LogP contribution in [0.25, 0.3) is 22.3 Å². The summed E-state index contributed by atoms with van der Waals surface area (Å²) in [6, 6.07) is 14.3. The number of nitrogens with zero attached hydrogens (tertiary/aromatic N) is 2. The molecule has 2 aromatic heterocycles. The fourth-order valence-electron chi connectivity index (χ4n) is 7.28. The third-order valence-corrected chi connectivity index (χ3v) is 10.1. The van der Waals surface area contributed by atoms with Crippen molar-refractivity contribution in [1.29, 1.82) is 0 Å². The molecule has 14 heteroatoms. The Morgan fingerprint density at radius 2 is 1.74 bits per heavy atom. The van der Waals surface area contributed by atoms with Crippen LogP contribution in [-0.2, 0) is 60.3 Å². The highest BCUT2D eigenvalue weighted by atomic mass is 16.7. The maximum Gasteiger partial charge on any atom is 0.408 e. The molecule has 6 rings (SSSR count). The van der Waals surface area contributed by atoms with Gasteiger partial charge < -0.3 is 38.9 Å². The number of benzene rings is 2. The number of carbonyl (C=O) groups excluding carboxylic acids is 4. The van der Waals surface area contributed by atoms with E-state index in [1.54, 1.807) is 48.9 Å². The Morgan fingerprint density at radius 1 is 0.965 bits per heavy atom. The summed E-state index contributed by atoms with van der Waals surface area (Å²) >= 11 is 0. The van der Waals surface area contributed by atoms with E-state index >= 15 is 0 Å². The molecule has 0 spiro atoms. The Bertz CT molecular complexity index is 2240. The first-order valence-electron chi connectivity index (χ1n) is 19.4. The number of ether oxygens (including phenoxy) is 5. The van der Waals surface area contributed by atoms with Crippen LogP contribution in [0.1, 0.15) is 105 Å². The molecule has 302 valence electrons. The molecule has 2 N–H and O–H groups in total. The number of esters is 2. The number of hydrogen-bond acceptors (Lipinski definition) is 11. The maximum absolute atomic E-state index is 14.1. The molecule has 14 nitrogen and oxygen atoms in total. The number of cyclic esters (lactones) is 1. The van der Waals surface area contributed by atoms with Gasteiger partial charge in [-0.05, 0) is 94.0 Å². The summed E-state index contributed by atoms with van der Waals surface area (Å²) in [7, 11) is 1.56. The lowest BCUT2D eigenvalue weighted by atomic mass is 9.85. The molecule has 2 aliphatic heterocycles. The maximum atomic E-state index is 14.1. The fourth-order valence-corrected chi connectivity index (χ4v) is 7.28. The Kier molecular flexibility index (Phi) is 12.3. The number of aromatic nitrogens is 2. The van der Waals surface area contributed by atoms with Gasteiger partial charge >= 0.3 is 18.0 Å². The molecule has 0 bridgehead atoms. The second kappa shape index (κ2) is 17.2. The normalized spacial score (nSPS) is 15.6. The summed E-state index contributed by atoms with van der Waals surface area (Å²) in [6.45, 7) is 9.93. The number of unbranched alkanes of at least 4 members (excludes halogenated alkanes) is 2. The Balaban J connectivity index is 1.05. The van der Waals surface area contributed by atoms with Crippen LogP contribution in [0, 0.1) is 0 Å². The minimum absolute atomic E-state index is 0.0423. The number of alkyl carbamates (subject to hydrolysis) is 1. The summed E-state index contributed by atoms with van der Waals surface area (Å²) in [5, 5.41) is 6.52. The molecule has 57 heavy (non-hydrogen) atoms. The first kappa shape index (κ1) is 40.9. The number of rotatable bonds is 15. The number of amides is 2. The van der Waals surface area contributed by atoms with E-state index in [0.717, 1.165) is 27.6 Å². The van der Waals surface area contributed by atoms with Crippen molar-refractivity contribution in [2.75, 3.05) is 20.4 Å². The minimum Gasteiger partial charge on any atom is -0.468 e. The van der Waals surface area contributed by atoms with Crippen molar-refractivity contribution in [2.24, 2.45) is 0 Å². The second-order valence-corrected chi connectivity index (χ2v) is 15.2. The zero-order valence-electron chi connectivity index (χ0n) is 33.4. The fraction of sp³-hybridized carbons (Fsp3) is 0.442. The molecule has 0 fully saturated rings. The highest BCUT2D eigenvalue weighted by Gasteiger charge is 2.50. The van der Waals surface area contributed by atoms with Gasteiger partial charge in [0.25, 0.3) is 5.56 Å². The standard InChI is InChI=1S/C43H50N4O10/c1-7-29-30-20-28(55-25-53-6)17-18-34(30)46-37-31(29)23-47-35(37)21-33-32(38(47)49)24-54-40(51)43(33,8-2)57-41(52)44-19-11-9-10-12-36(48)45-22-26-13-15-27(16-14-26)39(50)56-42(3,4)5/h13-18,20-21H,7-12,19,22-25H2,1-6H3,(H,44,52)(H,45,48)/t43-/m0/s1. The molecule has 4 aromatic rings. The molecular weight excluding hydrogens is 732 g/mol. The topological polar surface area (TPSA) is 173 Å². The lowest BCUT2D eigenvalue weighted by Gasteiger charge is -2.35. The van der Waals surface area contributed by atoms with Crippen molar-refractivity contribution in [3.8, 4) is 17.1 Å². The average Bonchev–Trinajstić information content (AvgIpc) is 3.55. The van der Waals surface area contributed by atoms with Gasteiger partial charge in [0, 0.05) is 43.1 Å². The van der Waals surface area contributed by atoms with Gasteiger partial charge in [0.05, 0.1) is 34.6 Å². The van der Waals surface area contributed by atoms with Crippen LogP contribution in [0.4, 0.5) is 4.79 Å². The molecule has 0 aliphatic carbocycles. The largest absolute Gasteiger partial charge is 0.468 e. The van der Waals surface area contributed by atoms with E-state index in [0.29, 0.717) is 73.5 Å². The van der Waals surface area contributed by atoms with E-state index in [1.165, 1.54) is 0 Å². The van der Waals surface area contributed by atoms with E-state index < -0.39 is 29.2 Å². The average molecular weight is 783 g/mol. The molecule has 0 unspecified atom stereocenters. The smallest absolute Gasteiger partial charge is 0.408 e. The van der Waals surface area contributed by atoms with E-state index in [-0.39, 0.29) is 43.4 Å². The van der Waals surface area contributed by atoms with Crippen LogP contribution >= 0.6 is 0 Å². The zero-order valence-corrected chi connectivity index (χ0v) is 33.4. The molecule has 2 aliphatic rings. The van der Waals surface area contributed by atoms with Crippen LogP contribution in [-0.4, -0.2) is 59.5 Å². The van der Waals surface area contributed by atoms with Gasteiger partial charge in [-0.25, -0.2) is 19.4 Å². The highest BCUT2D eigenvalue weighted by molar-refractivity contribution is 5.91. The molecular formula is C43H50N4O10. The quantitative estimate of drug-likeness (QED) is 0.0537. The van der Waals surface area contributed by atoms with Crippen molar-refractivity contribution in [3.05, 3.63) is 92.3 Å². The number of aryl methyl sites for hydroxylation is 1. The molecule has 2 amide bonds. The predicted octanol–water partition coefficient (Wildman–Crippen LogP) is 6.19. The molecule has 0 saturated carbocycles. The van der Waals surface area contributed by atoms with E-state index in [1.807, 2.05) is 45.9 Å². The van der Waals surface area contributed by atoms with E-state index in [9.17, 15) is 24.0 Å². The van der Waals surface area contributed by atoms with Gasteiger partial charge in [-0.2, -0.15) is 0 Å². The lowest BCUT2D eigenvalue weighted by Crippen LogP contribution is -2.49. The minimum atomic E-state index is -1.83.